The molecule has 0 aliphatic carbocycles. The van der Waals surface area contributed by atoms with Gasteiger partial charge in [0.05, 0.1) is 0 Å². The first-order valence-electron chi connectivity index (χ1n) is 2.89. The maximum Gasteiger partial charge on any atom is 0.169 e. The number of rotatable bonds is 4. The molecular weight excluding hydrogens is 232 g/mol. The van der Waals surface area contributed by atoms with Crippen molar-refractivity contribution in [2.24, 2.45) is 0 Å². The minimum Gasteiger partial charge on any atom is -0.216 e. The van der Waals surface area contributed by atoms with Crippen LogP contribution in [0.1, 0.15) is 6.42 Å². The van der Waals surface area contributed by atoms with Gasteiger partial charge in [-0.25, -0.2) is 4.98 Å². The van der Waals surface area contributed by atoms with Gasteiger partial charge in [-0.2, -0.15) is 4.37 Å². The predicted octanol–water partition coefficient (Wildman–Crippen LogP) is 2.42. The molecule has 0 aliphatic heterocycles. The molecule has 0 saturated heterocycles. The number of hydrogen-bond donors (Lipinski definition) is 0. The van der Waals surface area contributed by atoms with Crippen molar-refractivity contribution in [3.8, 4) is 0 Å². The first-order chi connectivity index (χ1) is 4.93. The highest BCUT2D eigenvalue weighted by atomic mass is 79.9. The molecule has 1 heterocycles. The molecule has 2 nitrogen and oxygen atoms in total. The van der Waals surface area contributed by atoms with E-state index in [0.29, 0.717) is 0 Å². The molecule has 0 N–H and O–H groups in total. The normalized spacial score (nSPS) is 10.1. The van der Waals surface area contributed by atoms with Crippen LogP contribution in [0.4, 0.5) is 0 Å². The summed E-state index contributed by atoms with van der Waals surface area (Å²) in [7, 11) is 0. The van der Waals surface area contributed by atoms with Gasteiger partial charge in [0.25, 0.3) is 0 Å². The Kier molecular flexibility index (Phi) is 4.32. The van der Waals surface area contributed by atoms with Gasteiger partial charge in [-0.3, -0.25) is 0 Å². The zero-order valence-electron chi connectivity index (χ0n) is 5.29. The molecule has 0 aromatic carbocycles. The van der Waals surface area contributed by atoms with Crippen LogP contribution in [0.15, 0.2) is 10.7 Å². The van der Waals surface area contributed by atoms with Gasteiger partial charge in [-0.15, -0.1) is 0 Å². The fourth-order valence-corrected chi connectivity index (χ4v) is 2.55. The van der Waals surface area contributed by atoms with E-state index in [0.717, 1.165) is 15.4 Å². The second-order valence-electron chi connectivity index (χ2n) is 1.60. The number of alkyl halides is 1. The molecule has 5 heteroatoms. The molecule has 0 radical (unpaired) electrons. The SMILES string of the molecule is BrCCCSc1ncns1. The molecule has 1 aromatic rings. The molecule has 0 spiro atoms. The van der Waals surface area contributed by atoms with Crippen LogP contribution < -0.4 is 0 Å². The number of hydrogen-bond acceptors (Lipinski definition) is 4. The van der Waals surface area contributed by atoms with Gasteiger partial charge in [0, 0.05) is 11.1 Å². The van der Waals surface area contributed by atoms with Crippen molar-refractivity contribution in [2.75, 3.05) is 11.1 Å². The Balaban J connectivity index is 2.15. The quantitative estimate of drug-likeness (QED) is 0.458. The third-order valence-corrected chi connectivity index (χ3v) is 3.29. The Hall–Kier alpha value is 0.390. The third-order valence-electron chi connectivity index (χ3n) is 0.845. The Morgan fingerprint density at radius 1 is 1.70 bits per heavy atom. The minimum atomic E-state index is 1.07. The molecule has 1 rings (SSSR count). The summed E-state index contributed by atoms with van der Waals surface area (Å²) in [4.78, 5) is 4.04. The van der Waals surface area contributed by atoms with Crippen LogP contribution in [-0.4, -0.2) is 20.4 Å². The Labute approximate surface area is 76.7 Å². The summed E-state index contributed by atoms with van der Waals surface area (Å²) in [6, 6.07) is 0. The van der Waals surface area contributed by atoms with Crippen LogP contribution in [0.5, 0.6) is 0 Å². The van der Waals surface area contributed by atoms with Crippen molar-refractivity contribution in [3.63, 3.8) is 0 Å². The molecule has 0 atom stereocenters. The number of nitrogens with zero attached hydrogens (tertiary/aromatic N) is 2. The van der Waals surface area contributed by atoms with E-state index >= 15 is 0 Å². The van der Waals surface area contributed by atoms with E-state index < -0.39 is 0 Å². The highest BCUT2D eigenvalue weighted by molar-refractivity contribution is 9.09. The summed E-state index contributed by atoms with van der Waals surface area (Å²) in [6.45, 7) is 0. The van der Waals surface area contributed by atoms with Gasteiger partial charge in [-0.05, 0) is 18.0 Å². The fourth-order valence-electron chi connectivity index (χ4n) is 0.441. The largest absolute Gasteiger partial charge is 0.216 e. The van der Waals surface area contributed by atoms with E-state index in [9.17, 15) is 0 Å². The molecule has 0 fully saturated rings. The van der Waals surface area contributed by atoms with Crippen molar-refractivity contribution in [2.45, 2.75) is 10.8 Å². The number of thioether (sulfide) groups is 1. The maximum atomic E-state index is 4.04. The summed E-state index contributed by atoms with van der Waals surface area (Å²) in [5, 5.41) is 1.07. The highest BCUT2D eigenvalue weighted by Gasteiger charge is 1.94. The molecule has 0 aliphatic rings. The zero-order valence-corrected chi connectivity index (χ0v) is 8.51. The van der Waals surface area contributed by atoms with Crippen LogP contribution >= 0.6 is 39.2 Å². The Morgan fingerprint density at radius 2 is 2.60 bits per heavy atom. The van der Waals surface area contributed by atoms with Gasteiger partial charge < -0.3 is 0 Å². The predicted molar refractivity (Wildman–Crippen MR) is 49.0 cm³/mol. The van der Waals surface area contributed by atoms with Gasteiger partial charge in [-0.1, -0.05) is 27.7 Å². The summed E-state index contributed by atoms with van der Waals surface area (Å²) < 4.78 is 4.97. The van der Waals surface area contributed by atoms with E-state index in [1.54, 1.807) is 18.1 Å². The van der Waals surface area contributed by atoms with Crippen molar-refractivity contribution >= 4 is 39.2 Å². The monoisotopic (exact) mass is 238 g/mol. The van der Waals surface area contributed by atoms with Gasteiger partial charge in [0.2, 0.25) is 0 Å². The lowest BCUT2D eigenvalue weighted by Crippen LogP contribution is -1.78. The highest BCUT2D eigenvalue weighted by Crippen LogP contribution is 2.18. The smallest absolute Gasteiger partial charge is 0.169 e. The van der Waals surface area contributed by atoms with E-state index in [-0.39, 0.29) is 0 Å². The van der Waals surface area contributed by atoms with Crippen molar-refractivity contribution < 1.29 is 0 Å². The average molecular weight is 239 g/mol. The minimum absolute atomic E-state index is 1.07. The summed E-state index contributed by atoms with van der Waals surface area (Å²) >= 11 is 6.59. The topological polar surface area (TPSA) is 25.8 Å². The second kappa shape index (κ2) is 5.09. The van der Waals surface area contributed by atoms with E-state index in [1.165, 1.54) is 18.0 Å². The molecule has 10 heavy (non-hydrogen) atoms. The van der Waals surface area contributed by atoms with E-state index in [4.69, 9.17) is 0 Å². The molecule has 0 bridgehead atoms. The fraction of sp³-hybridized carbons (Fsp3) is 0.600. The Morgan fingerprint density at radius 3 is 3.20 bits per heavy atom. The molecule has 0 saturated carbocycles. The maximum absolute atomic E-state index is 4.04. The van der Waals surface area contributed by atoms with Crippen LogP contribution in [0, 0.1) is 0 Å². The number of halogens is 1. The van der Waals surface area contributed by atoms with E-state index in [1.807, 2.05) is 0 Å². The molecule has 56 valence electrons. The van der Waals surface area contributed by atoms with Crippen LogP contribution in [-0.2, 0) is 0 Å². The first kappa shape index (κ1) is 8.49. The lowest BCUT2D eigenvalue weighted by atomic mass is 10.6. The summed E-state index contributed by atoms with van der Waals surface area (Å²) in [5.41, 5.74) is 0. The zero-order chi connectivity index (χ0) is 7.23. The Bertz CT molecular complexity index is 166. The van der Waals surface area contributed by atoms with Crippen molar-refractivity contribution in [1.82, 2.24) is 9.36 Å². The van der Waals surface area contributed by atoms with Crippen molar-refractivity contribution in [3.05, 3.63) is 6.33 Å². The van der Waals surface area contributed by atoms with Gasteiger partial charge >= 0.3 is 0 Å². The third kappa shape index (κ3) is 2.98. The van der Waals surface area contributed by atoms with Gasteiger partial charge in [0.15, 0.2) is 4.34 Å². The molecule has 0 unspecified atom stereocenters. The summed E-state index contributed by atoms with van der Waals surface area (Å²) in [6.07, 6.45) is 2.78. The lowest BCUT2D eigenvalue weighted by Gasteiger charge is -1.90. The average Bonchev–Trinajstić information content (AvgIpc) is 2.41. The summed E-state index contributed by atoms with van der Waals surface area (Å²) in [5.74, 6) is 1.13. The van der Waals surface area contributed by atoms with Crippen LogP contribution in [0.3, 0.4) is 0 Å². The first-order valence-corrected chi connectivity index (χ1v) is 5.77. The molecular formula is C5H7BrN2S2. The molecule has 1 aromatic heterocycles. The second-order valence-corrected chi connectivity index (χ2v) is 4.51. The van der Waals surface area contributed by atoms with E-state index in [2.05, 4.69) is 25.3 Å². The lowest BCUT2D eigenvalue weighted by molar-refractivity contribution is 1.13. The van der Waals surface area contributed by atoms with Crippen LogP contribution in [0.25, 0.3) is 0 Å². The standard InChI is InChI=1S/C5H7BrN2S2/c6-2-1-3-9-5-7-4-8-10-5/h4H,1-3H2. The van der Waals surface area contributed by atoms with Gasteiger partial charge in [0.1, 0.15) is 6.33 Å². The molecule has 0 amide bonds. The number of aromatic nitrogens is 2. The van der Waals surface area contributed by atoms with Crippen LogP contribution in [0.2, 0.25) is 0 Å². The van der Waals surface area contributed by atoms with Crippen molar-refractivity contribution in [1.29, 1.82) is 0 Å².